The normalized spacial score (nSPS) is 20.0. The van der Waals surface area contributed by atoms with Crippen LogP contribution in [0.2, 0.25) is 0 Å². The summed E-state index contributed by atoms with van der Waals surface area (Å²) in [5.74, 6) is 0.0483. The van der Waals surface area contributed by atoms with Gasteiger partial charge in [-0.05, 0) is 44.5 Å². The predicted molar refractivity (Wildman–Crippen MR) is 107 cm³/mol. The van der Waals surface area contributed by atoms with Crippen molar-refractivity contribution in [3.8, 4) is 0 Å². The number of fused-ring (bicyclic) bond motifs is 1. The van der Waals surface area contributed by atoms with E-state index < -0.39 is 0 Å². The fraction of sp³-hybridized carbons (Fsp3) is 0.304. The highest BCUT2D eigenvalue weighted by Crippen LogP contribution is 2.28. The molecule has 2 heterocycles. The molecule has 0 N–H and O–H groups in total. The molecular weight excluding hydrogens is 336 g/mol. The molecule has 1 aromatic heterocycles. The van der Waals surface area contributed by atoms with Gasteiger partial charge in [-0.1, -0.05) is 42.0 Å². The van der Waals surface area contributed by atoms with Crippen LogP contribution in [-0.2, 0) is 4.74 Å². The summed E-state index contributed by atoms with van der Waals surface area (Å²) in [5.41, 5.74) is 4.68. The molecule has 4 rings (SSSR count). The third kappa shape index (κ3) is 3.58. The first-order valence-corrected chi connectivity index (χ1v) is 9.39. The standard InChI is InChI=1S/C23H24N2O2/c1-15-9-10-21-19(11-15)20(12-16(2)24-21)23(26)25-13-17(3)27-22(14-25)18-7-5-4-6-8-18/h4-12,17,22H,13-14H2,1-3H3. The van der Waals surface area contributed by atoms with Gasteiger partial charge in [-0.25, -0.2) is 0 Å². The molecule has 1 fully saturated rings. The van der Waals surface area contributed by atoms with Crippen molar-refractivity contribution in [2.24, 2.45) is 0 Å². The Hall–Kier alpha value is -2.72. The van der Waals surface area contributed by atoms with Gasteiger partial charge in [-0.15, -0.1) is 0 Å². The van der Waals surface area contributed by atoms with Gasteiger partial charge in [0.2, 0.25) is 0 Å². The van der Waals surface area contributed by atoms with Crippen molar-refractivity contribution in [1.82, 2.24) is 9.88 Å². The van der Waals surface area contributed by atoms with Crippen LogP contribution in [-0.4, -0.2) is 35.0 Å². The van der Waals surface area contributed by atoms with Gasteiger partial charge in [0.15, 0.2) is 0 Å². The summed E-state index contributed by atoms with van der Waals surface area (Å²) >= 11 is 0. The lowest BCUT2D eigenvalue weighted by molar-refractivity contribution is -0.0691. The highest BCUT2D eigenvalue weighted by Gasteiger charge is 2.30. The van der Waals surface area contributed by atoms with Crippen LogP contribution in [0.15, 0.2) is 54.6 Å². The van der Waals surface area contributed by atoms with Crippen LogP contribution in [0.5, 0.6) is 0 Å². The third-order valence-corrected chi connectivity index (χ3v) is 5.04. The van der Waals surface area contributed by atoms with E-state index in [9.17, 15) is 4.79 Å². The molecule has 0 bridgehead atoms. The monoisotopic (exact) mass is 360 g/mol. The van der Waals surface area contributed by atoms with E-state index >= 15 is 0 Å². The van der Waals surface area contributed by atoms with Crippen LogP contribution in [0, 0.1) is 13.8 Å². The van der Waals surface area contributed by atoms with Crippen LogP contribution in [0.1, 0.15) is 40.2 Å². The molecule has 1 saturated heterocycles. The molecule has 1 aliphatic rings. The molecule has 4 nitrogen and oxygen atoms in total. The summed E-state index contributed by atoms with van der Waals surface area (Å²) in [4.78, 5) is 19.9. The van der Waals surface area contributed by atoms with Gasteiger partial charge in [0.25, 0.3) is 5.91 Å². The molecular formula is C23H24N2O2. The van der Waals surface area contributed by atoms with Crippen LogP contribution in [0.4, 0.5) is 0 Å². The first-order chi connectivity index (χ1) is 13.0. The number of carbonyl (C=O) groups excluding carboxylic acids is 1. The maximum atomic E-state index is 13.4. The highest BCUT2D eigenvalue weighted by atomic mass is 16.5. The van der Waals surface area contributed by atoms with Gasteiger partial charge >= 0.3 is 0 Å². The number of nitrogens with zero attached hydrogens (tertiary/aromatic N) is 2. The molecule has 2 aromatic carbocycles. The number of aryl methyl sites for hydroxylation is 2. The van der Waals surface area contributed by atoms with E-state index in [2.05, 4.69) is 17.1 Å². The van der Waals surface area contributed by atoms with E-state index in [0.717, 1.165) is 33.3 Å². The van der Waals surface area contributed by atoms with Gasteiger partial charge in [0, 0.05) is 17.6 Å². The zero-order chi connectivity index (χ0) is 19.0. The Balaban J connectivity index is 1.70. The SMILES string of the molecule is Cc1ccc2nc(C)cc(C(=O)N3CC(C)OC(c4ccccc4)C3)c2c1. The van der Waals surface area contributed by atoms with Crippen molar-refractivity contribution >= 4 is 16.8 Å². The average molecular weight is 360 g/mol. The molecule has 2 unspecified atom stereocenters. The summed E-state index contributed by atoms with van der Waals surface area (Å²) < 4.78 is 6.11. The van der Waals surface area contributed by atoms with Crippen molar-refractivity contribution in [3.05, 3.63) is 77.0 Å². The molecule has 0 radical (unpaired) electrons. The molecule has 0 aliphatic carbocycles. The van der Waals surface area contributed by atoms with E-state index in [1.54, 1.807) is 0 Å². The number of morpholine rings is 1. The number of amides is 1. The van der Waals surface area contributed by atoms with Gasteiger partial charge in [0.1, 0.15) is 6.10 Å². The second kappa shape index (κ2) is 7.12. The fourth-order valence-electron chi connectivity index (χ4n) is 3.79. The molecule has 27 heavy (non-hydrogen) atoms. The Morgan fingerprint density at radius 1 is 1.07 bits per heavy atom. The summed E-state index contributed by atoms with van der Waals surface area (Å²) in [6.45, 7) is 7.15. The van der Waals surface area contributed by atoms with Gasteiger partial charge < -0.3 is 9.64 Å². The van der Waals surface area contributed by atoms with E-state index in [-0.39, 0.29) is 18.1 Å². The van der Waals surface area contributed by atoms with Crippen molar-refractivity contribution in [2.45, 2.75) is 33.0 Å². The van der Waals surface area contributed by atoms with Crippen molar-refractivity contribution in [2.75, 3.05) is 13.1 Å². The van der Waals surface area contributed by atoms with Crippen LogP contribution < -0.4 is 0 Å². The van der Waals surface area contributed by atoms with Gasteiger partial charge in [-0.2, -0.15) is 0 Å². The summed E-state index contributed by atoms with van der Waals surface area (Å²) in [7, 11) is 0. The Kier molecular flexibility index (Phi) is 4.66. The Labute approximate surface area is 159 Å². The summed E-state index contributed by atoms with van der Waals surface area (Å²) in [5, 5.41) is 0.918. The fourth-order valence-corrected chi connectivity index (χ4v) is 3.79. The highest BCUT2D eigenvalue weighted by molar-refractivity contribution is 6.06. The summed E-state index contributed by atoms with van der Waals surface area (Å²) in [6.07, 6.45) is -0.112. The molecule has 0 spiro atoms. The minimum atomic E-state index is -0.102. The third-order valence-electron chi connectivity index (χ3n) is 5.04. The van der Waals surface area contributed by atoms with Crippen LogP contribution in [0.3, 0.4) is 0 Å². The second-order valence-electron chi connectivity index (χ2n) is 7.39. The molecule has 1 amide bonds. The van der Waals surface area contributed by atoms with Crippen LogP contribution in [0.25, 0.3) is 10.9 Å². The second-order valence-corrected chi connectivity index (χ2v) is 7.39. The molecule has 2 atom stereocenters. The number of ether oxygens (including phenoxy) is 1. The number of hydrogen-bond acceptors (Lipinski definition) is 3. The number of pyridine rings is 1. The zero-order valence-corrected chi connectivity index (χ0v) is 16.0. The number of aromatic nitrogens is 1. The minimum absolute atomic E-state index is 0.0103. The maximum absolute atomic E-state index is 13.4. The number of rotatable bonds is 2. The molecule has 4 heteroatoms. The van der Waals surface area contributed by atoms with E-state index in [1.165, 1.54) is 0 Å². The molecule has 3 aromatic rings. The van der Waals surface area contributed by atoms with Crippen molar-refractivity contribution < 1.29 is 9.53 Å². The lowest BCUT2D eigenvalue weighted by Gasteiger charge is -2.37. The van der Waals surface area contributed by atoms with E-state index in [0.29, 0.717) is 13.1 Å². The number of carbonyl (C=O) groups is 1. The largest absolute Gasteiger partial charge is 0.367 e. The first kappa shape index (κ1) is 17.7. The number of benzene rings is 2. The zero-order valence-electron chi connectivity index (χ0n) is 16.0. The predicted octanol–water partition coefficient (Wildman–Crippen LogP) is 4.45. The Morgan fingerprint density at radius 3 is 2.63 bits per heavy atom. The van der Waals surface area contributed by atoms with Gasteiger partial charge in [0.05, 0.1) is 23.7 Å². The lowest BCUT2D eigenvalue weighted by atomic mass is 10.0. The van der Waals surface area contributed by atoms with Crippen molar-refractivity contribution in [1.29, 1.82) is 0 Å². The molecule has 0 saturated carbocycles. The minimum Gasteiger partial charge on any atom is -0.367 e. The lowest BCUT2D eigenvalue weighted by Crippen LogP contribution is -2.46. The smallest absolute Gasteiger partial charge is 0.254 e. The topological polar surface area (TPSA) is 42.4 Å². The molecule has 138 valence electrons. The quantitative estimate of drug-likeness (QED) is 0.678. The first-order valence-electron chi connectivity index (χ1n) is 9.39. The van der Waals surface area contributed by atoms with E-state index in [4.69, 9.17) is 4.74 Å². The summed E-state index contributed by atoms with van der Waals surface area (Å²) in [6, 6.07) is 18.1. The Bertz CT molecular complexity index is 984. The van der Waals surface area contributed by atoms with E-state index in [1.807, 2.05) is 68.1 Å². The van der Waals surface area contributed by atoms with Crippen molar-refractivity contribution in [3.63, 3.8) is 0 Å². The average Bonchev–Trinajstić information content (AvgIpc) is 2.67. The van der Waals surface area contributed by atoms with Crippen LogP contribution >= 0.6 is 0 Å². The maximum Gasteiger partial charge on any atom is 0.254 e. The number of hydrogen-bond donors (Lipinski definition) is 0. The van der Waals surface area contributed by atoms with Gasteiger partial charge in [-0.3, -0.25) is 9.78 Å². The molecule has 1 aliphatic heterocycles. The Morgan fingerprint density at radius 2 is 1.85 bits per heavy atom.